The molecule has 2 saturated carbocycles. The SMILES string of the molecule is COC1CC(NC2CC2C)C1. The maximum Gasteiger partial charge on any atom is 0.0601 e. The summed E-state index contributed by atoms with van der Waals surface area (Å²) in [5.74, 6) is 0.927. The summed E-state index contributed by atoms with van der Waals surface area (Å²) in [7, 11) is 1.81. The highest BCUT2D eigenvalue weighted by Crippen LogP contribution is 2.33. The second-order valence-electron chi connectivity index (χ2n) is 4.01. The molecule has 0 heterocycles. The van der Waals surface area contributed by atoms with Gasteiger partial charge in [0.2, 0.25) is 0 Å². The molecule has 11 heavy (non-hydrogen) atoms. The van der Waals surface area contributed by atoms with Gasteiger partial charge in [-0.25, -0.2) is 0 Å². The Bertz CT molecular complexity index is 142. The number of hydrogen-bond acceptors (Lipinski definition) is 2. The molecule has 0 radical (unpaired) electrons. The molecule has 2 aliphatic carbocycles. The van der Waals surface area contributed by atoms with E-state index in [0.29, 0.717) is 6.10 Å². The van der Waals surface area contributed by atoms with Gasteiger partial charge >= 0.3 is 0 Å². The first kappa shape index (κ1) is 7.56. The van der Waals surface area contributed by atoms with Crippen molar-refractivity contribution in [3.63, 3.8) is 0 Å². The van der Waals surface area contributed by atoms with E-state index >= 15 is 0 Å². The van der Waals surface area contributed by atoms with Crippen LogP contribution in [0.25, 0.3) is 0 Å². The number of nitrogens with one attached hydrogen (secondary N) is 1. The lowest BCUT2D eigenvalue weighted by Crippen LogP contribution is -2.46. The Morgan fingerprint density at radius 3 is 2.36 bits per heavy atom. The van der Waals surface area contributed by atoms with Gasteiger partial charge in [0, 0.05) is 19.2 Å². The number of rotatable bonds is 3. The first-order valence-electron chi connectivity index (χ1n) is 4.58. The molecule has 0 aromatic carbocycles. The topological polar surface area (TPSA) is 21.3 Å². The smallest absolute Gasteiger partial charge is 0.0601 e. The van der Waals surface area contributed by atoms with E-state index in [2.05, 4.69) is 12.2 Å². The van der Waals surface area contributed by atoms with Gasteiger partial charge in [-0.15, -0.1) is 0 Å². The molecule has 64 valence electrons. The lowest BCUT2D eigenvalue weighted by Gasteiger charge is -2.35. The Morgan fingerprint density at radius 2 is 1.91 bits per heavy atom. The van der Waals surface area contributed by atoms with Crippen molar-refractivity contribution in [1.29, 1.82) is 0 Å². The maximum absolute atomic E-state index is 5.21. The molecule has 0 aliphatic heterocycles. The van der Waals surface area contributed by atoms with E-state index in [0.717, 1.165) is 18.0 Å². The monoisotopic (exact) mass is 155 g/mol. The summed E-state index contributed by atoms with van der Waals surface area (Å²) in [4.78, 5) is 0. The van der Waals surface area contributed by atoms with Gasteiger partial charge < -0.3 is 10.1 Å². The minimum Gasteiger partial charge on any atom is -0.381 e. The van der Waals surface area contributed by atoms with Crippen LogP contribution in [0.1, 0.15) is 26.2 Å². The second kappa shape index (κ2) is 2.76. The van der Waals surface area contributed by atoms with Crippen molar-refractivity contribution < 1.29 is 4.74 Å². The van der Waals surface area contributed by atoms with E-state index in [1.807, 2.05) is 0 Å². The minimum atomic E-state index is 0.543. The van der Waals surface area contributed by atoms with E-state index in [-0.39, 0.29) is 0 Å². The van der Waals surface area contributed by atoms with Crippen molar-refractivity contribution in [1.82, 2.24) is 5.32 Å². The Hall–Kier alpha value is -0.0800. The maximum atomic E-state index is 5.21. The predicted octanol–water partition coefficient (Wildman–Crippen LogP) is 1.16. The molecule has 2 heteroatoms. The van der Waals surface area contributed by atoms with Crippen LogP contribution in [0.15, 0.2) is 0 Å². The number of ether oxygens (including phenoxy) is 1. The van der Waals surface area contributed by atoms with E-state index in [9.17, 15) is 0 Å². The Kier molecular flexibility index (Phi) is 1.90. The van der Waals surface area contributed by atoms with Gasteiger partial charge in [-0.05, 0) is 25.2 Å². The Morgan fingerprint density at radius 1 is 1.27 bits per heavy atom. The normalized spacial score (nSPS) is 48.5. The summed E-state index contributed by atoms with van der Waals surface area (Å²) in [6.45, 7) is 2.31. The van der Waals surface area contributed by atoms with Crippen LogP contribution < -0.4 is 5.32 Å². The average molecular weight is 155 g/mol. The summed E-state index contributed by atoms with van der Waals surface area (Å²) >= 11 is 0. The van der Waals surface area contributed by atoms with E-state index in [1.165, 1.54) is 19.3 Å². The molecule has 2 aliphatic rings. The fourth-order valence-electron chi connectivity index (χ4n) is 1.75. The largest absolute Gasteiger partial charge is 0.381 e. The first-order chi connectivity index (χ1) is 5.29. The summed E-state index contributed by atoms with van der Waals surface area (Å²) < 4.78 is 5.21. The third-order valence-corrected chi connectivity index (χ3v) is 2.99. The number of hydrogen-bond donors (Lipinski definition) is 1. The lowest BCUT2D eigenvalue weighted by atomic mass is 9.89. The van der Waals surface area contributed by atoms with Crippen molar-refractivity contribution >= 4 is 0 Å². The van der Waals surface area contributed by atoms with Gasteiger partial charge in [-0.1, -0.05) is 6.92 Å². The van der Waals surface area contributed by atoms with Gasteiger partial charge in [-0.2, -0.15) is 0 Å². The summed E-state index contributed by atoms with van der Waals surface area (Å²) in [6.07, 6.45) is 4.37. The van der Waals surface area contributed by atoms with Gasteiger partial charge in [0.1, 0.15) is 0 Å². The molecule has 2 nitrogen and oxygen atoms in total. The van der Waals surface area contributed by atoms with Crippen LogP contribution >= 0.6 is 0 Å². The van der Waals surface area contributed by atoms with E-state index in [1.54, 1.807) is 7.11 Å². The van der Waals surface area contributed by atoms with E-state index in [4.69, 9.17) is 4.74 Å². The molecule has 2 rings (SSSR count). The van der Waals surface area contributed by atoms with Crippen molar-refractivity contribution in [2.24, 2.45) is 5.92 Å². The average Bonchev–Trinajstić information content (AvgIpc) is 2.56. The molecule has 0 bridgehead atoms. The van der Waals surface area contributed by atoms with Crippen LogP contribution in [0, 0.1) is 5.92 Å². The van der Waals surface area contributed by atoms with Crippen molar-refractivity contribution in [2.75, 3.05) is 7.11 Å². The third kappa shape index (κ3) is 1.57. The van der Waals surface area contributed by atoms with Crippen LogP contribution in [0.3, 0.4) is 0 Å². The summed E-state index contributed by atoms with van der Waals surface area (Å²) in [6, 6.07) is 1.59. The molecule has 2 unspecified atom stereocenters. The molecular formula is C9H17NO. The minimum absolute atomic E-state index is 0.543. The van der Waals surface area contributed by atoms with Crippen LogP contribution in [0.5, 0.6) is 0 Å². The molecular weight excluding hydrogens is 138 g/mol. The van der Waals surface area contributed by atoms with Gasteiger partial charge in [-0.3, -0.25) is 0 Å². The molecule has 0 aromatic heterocycles. The molecule has 0 spiro atoms. The highest BCUT2D eigenvalue weighted by Gasteiger charge is 2.38. The van der Waals surface area contributed by atoms with Crippen LogP contribution in [-0.2, 0) is 4.74 Å². The molecule has 0 amide bonds. The van der Waals surface area contributed by atoms with Crippen LogP contribution in [0.4, 0.5) is 0 Å². The van der Waals surface area contributed by atoms with Gasteiger partial charge in [0.15, 0.2) is 0 Å². The second-order valence-corrected chi connectivity index (χ2v) is 4.01. The number of methoxy groups -OCH3 is 1. The quantitative estimate of drug-likeness (QED) is 0.660. The van der Waals surface area contributed by atoms with E-state index < -0.39 is 0 Å². The van der Waals surface area contributed by atoms with Crippen LogP contribution in [0.2, 0.25) is 0 Å². The van der Waals surface area contributed by atoms with Crippen LogP contribution in [-0.4, -0.2) is 25.3 Å². The predicted molar refractivity (Wildman–Crippen MR) is 44.5 cm³/mol. The highest BCUT2D eigenvalue weighted by atomic mass is 16.5. The summed E-state index contributed by atoms with van der Waals surface area (Å²) in [5, 5.41) is 3.62. The zero-order valence-corrected chi connectivity index (χ0v) is 7.34. The molecule has 1 N–H and O–H groups in total. The highest BCUT2D eigenvalue weighted by molar-refractivity contribution is 4.96. The standard InChI is InChI=1S/C9H17NO/c1-6-3-9(6)10-7-4-8(5-7)11-2/h6-10H,3-5H2,1-2H3. The molecule has 2 atom stereocenters. The van der Waals surface area contributed by atoms with Crippen molar-refractivity contribution in [3.05, 3.63) is 0 Å². The Labute approximate surface area is 68.3 Å². The lowest BCUT2D eigenvalue weighted by molar-refractivity contribution is 0.0167. The first-order valence-corrected chi connectivity index (χ1v) is 4.58. The fourth-order valence-corrected chi connectivity index (χ4v) is 1.75. The van der Waals surface area contributed by atoms with Crippen molar-refractivity contribution in [3.8, 4) is 0 Å². The molecule has 0 aromatic rings. The zero-order chi connectivity index (χ0) is 7.84. The Balaban J connectivity index is 1.60. The molecule has 0 saturated heterocycles. The van der Waals surface area contributed by atoms with Gasteiger partial charge in [0.25, 0.3) is 0 Å². The summed E-state index contributed by atoms with van der Waals surface area (Å²) in [5.41, 5.74) is 0. The van der Waals surface area contributed by atoms with Crippen molar-refractivity contribution in [2.45, 2.75) is 44.4 Å². The zero-order valence-electron chi connectivity index (χ0n) is 7.34. The molecule has 2 fully saturated rings. The fraction of sp³-hybridized carbons (Fsp3) is 1.00. The van der Waals surface area contributed by atoms with Gasteiger partial charge in [0.05, 0.1) is 6.10 Å². The third-order valence-electron chi connectivity index (χ3n) is 2.99.